The molecule has 0 saturated heterocycles. The van der Waals surface area contributed by atoms with Crippen LogP contribution in [-0.4, -0.2) is 37.9 Å². The van der Waals surface area contributed by atoms with Crippen LogP contribution in [0.15, 0.2) is 42.3 Å². The third-order valence-electron chi connectivity index (χ3n) is 4.44. The third-order valence-corrected chi connectivity index (χ3v) is 7.33. The molecule has 0 spiro atoms. The van der Waals surface area contributed by atoms with Gasteiger partial charge in [-0.1, -0.05) is 37.3 Å². The molecular weight excluding hydrogens is 410 g/mol. The highest BCUT2D eigenvalue weighted by Crippen LogP contribution is 2.36. The minimum absolute atomic E-state index is 0.181. The van der Waals surface area contributed by atoms with Crippen LogP contribution in [0, 0.1) is 0 Å². The van der Waals surface area contributed by atoms with E-state index in [0.717, 1.165) is 28.9 Å². The molecule has 0 radical (unpaired) electrons. The summed E-state index contributed by atoms with van der Waals surface area (Å²) >= 11 is 1.16. The number of esters is 1. The lowest BCUT2D eigenvalue weighted by Crippen LogP contribution is -2.33. The molecule has 1 aromatic carbocycles. The van der Waals surface area contributed by atoms with Crippen LogP contribution in [0.2, 0.25) is 0 Å². The van der Waals surface area contributed by atoms with E-state index < -0.39 is 27.0 Å². The molecule has 1 heterocycles. The van der Waals surface area contributed by atoms with Crippen molar-refractivity contribution >= 4 is 38.1 Å². The Morgan fingerprint density at radius 3 is 2.45 bits per heavy atom. The number of ether oxygens (including phenoxy) is 1. The van der Waals surface area contributed by atoms with Crippen molar-refractivity contribution in [1.29, 1.82) is 0 Å². The predicted molar refractivity (Wildman–Crippen MR) is 117 cm³/mol. The Hall–Kier alpha value is -2.45. The van der Waals surface area contributed by atoms with Gasteiger partial charge in [-0.25, -0.2) is 13.2 Å². The molecule has 0 fully saturated rings. The molecule has 2 aromatic rings. The summed E-state index contributed by atoms with van der Waals surface area (Å²) in [5.74, 6) is -1.57. The van der Waals surface area contributed by atoms with Gasteiger partial charge in [-0.15, -0.1) is 17.9 Å². The molecule has 0 bridgehead atoms. The van der Waals surface area contributed by atoms with E-state index in [-0.39, 0.29) is 22.9 Å². The highest BCUT2D eigenvalue weighted by atomic mass is 32.2. The lowest BCUT2D eigenvalue weighted by Gasteiger charge is -2.13. The Morgan fingerprint density at radius 1 is 1.24 bits per heavy atom. The molecule has 0 aliphatic carbocycles. The van der Waals surface area contributed by atoms with Gasteiger partial charge in [0, 0.05) is 10.9 Å². The second-order valence-electron chi connectivity index (χ2n) is 6.37. The number of amides is 1. The number of sulfone groups is 1. The van der Waals surface area contributed by atoms with Gasteiger partial charge >= 0.3 is 5.97 Å². The fourth-order valence-corrected chi connectivity index (χ4v) is 4.64. The molecule has 1 aromatic heterocycles. The van der Waals surface area contributed by atoms with E-state index in [4.69, 9.17) is 4.74 Å². The third kappa shape index (κ3) is 5.33. The first-order chi connectivity index (χ1) is 13.7. The van der Waals surface area contributed by atoms with Crippen LogP contribution < -0.4 is 5.32 Å². The summed E-state index contributed by atoms with van der Waals surface area (Å²) < 4.78 is 29.5. The summed E-state index contributed by atoms with van der Waals surface area (Å²) in [4.78, 5) is 25.1. The molecule has 29 heavy (non-hydrogen) atoms. The standard InChI is InChI=1S/C21H25NO5S2/c1-5-12-29(25,26)14(4)19(23)22-20-18(21(24)27-7-3)17(13-28-20)16-10-8-15(6-2)9-11-16/h5,8-11,13-14H,1,6-7,12H2,2-4H3,(H,22,23). The lowest BCUT2D eigenvalue weighted by molar-refractivity contribution is -0.115. The SMILES string of the molecule is C=CCS(=O)(=O)C(C)C(=O)Nc1scc(-c2ccc(CC)cc2)c1C(=O)OCC. The first-order valence-electron chi connectivity index (χ1n) is 9.26. The molecule has 6 nitrogen and oxygen atoms in total. The van der Waals surface area contributed by atoms with E-state index in [0.29, 0.717) is 5.56 Å². The average molecular weight is 436 g/mol. The molecule has 1 atom stereocenters. The van der Waals surface area contributed by atoms with Gasteiger partial charge < -0.3 is 10.1 Å². The van der Waals surface area contributed by atoms with Gasteiger partial charge in [-0.3, -0.25) is 4.79 Å². The summed E-state index contributed by atoms with van der Waals surface area (Å²) in [6, 6.07) is 7.77. The van der Waals surface area contributed by atoms with Gasteiger partial charge in [0.05, 0.1) is 12.4 Å². The minimum atomic E-state index is -3.67. The van der Waals surface area contributed by atoms with Crippen LogP contribution in [0.1, 0.15) is 36.7 Å². The van der Waals surface area contributed by atoms with Crippen LogP contribution in [0.4, 0.5) is 5.00 Å². The summed E-state index contributed by atoms with van der Waals surface area (Å²) in [6.45, 7) is 8.66. The monoisotopic (exact) mass is 435 g/mol. The summed E-state index contributed by atoms with van der Waals surface area (Å²) in [5.41, 5.74) is 2.83. The van der Waals surface area contributed by atoms with E-state index >= 15 is 0 Å². The van der Waals surface area contributed by atoms with Gasteiger partial charge in [0.2, 0.25) is 5.91 Å². The van der Waals surface area contributed by atoms with Crippen LogP contribution >= 0.6 is 11.3 Å². The highest BCUT2D eigenvalue weighted by molar-refractivity contribution is 7.92. The Balaban J connectivity index is 2.41. The molecular formula is C21H25NO5S2. The van der Waals surface area contributed by atoms with Crippen molar-refractivity contribution in [2.24, 2.45) is 0 Å². The Labute approximate surface area is 175 Å². The number of carbonyl (C=O) groups is 2. The molecule has 2 rings (SSSR count). The average Bonchev–Trinajstić information content (AvgIpc) is 3.11. The van der Waals surface area contributed by atoms with E-state index in [9.17, 15) is 18.0 Å². The summed E-state index contributed by atoms with van der Waals surface area (Å²) in [6.07, 6.45) is 2.14. The molecule has 1 unspecified atom stereocenters. The number of hydrogen-bond acceptors (Lipinski definition) is 6. The van der Waals surface area contributed by atoms with E-state index in [1.165, 1.54) is 13.0 Å². The van der Waals surface area contributed by atoms with Crippen LogP contribution in [0.25, 0.3) is 11.1 Å². The quantitative estimate of drug-likeness (QED) is 0.473. The number of aryl methyl sites for hydroxylation is 1. The van der Waals surface area contributed by atoms with Crippen molar-refractivity contribution in [3.63, 3.8) is 0 Å². The molecule has 0 aliphatic heterocycles. The van der Waals surface area contributed by atoms with Crippen LogP contribution in [0.5, 0.6) is 0 Å². The maximum atomic E-state index is 12.6. The highest BCUT2D eigenvalue weighted by Gasteiger charge is 2.29. The van der Waals surface area contributed by atoms with Crippen molar-refractivity contribution in [3.8, 4) is 11.1 Å². The van der Waals surface area contributed by atoms with Crippen LogP contribution in [-0.2, 0) is 25.8 Å². The summed E-state index contributed by atoms with van der Waals surface area (Å²) in [5, 5.41) is 3.34. The zero-order valence-electron chi connectivity index (χ0n) is 16.7. The lowest BCUT2D eigenvalue weighted by atomic mass is 10.0. The van der Waals surface area contributed by atoms with E-state index in [1.807, 2.05) is 24.3 Å². The molecule has 8 heteroatoms. The van der Waals surface area contributed by atoms with Gasteiger partial charge in [0.1, 0.15) is 15.8 Å². The number of hydrogen-bond donors (Lipinski definition) is 1. The molecule has 0 aliphatic rings. The number of nitrogens with one attached hydrogen (secondary N) is 1. The predicted octanol–water partition coefficient (Wildman–Crippen LogP) is 4.08. The number of carbonyl (C=O) groups excluding carboxylic acids is 2. The van der Waals surface area contributed by atoms with Gasteiger partial charge in [-0.05, 0) is 31.4 Å². The van der Waals surface area contributed by atoms with Crippen molar-refractivity contribution in [2.45, 2.75) is 32.4 Å². The van der Waals surface area contributed by atoms with Gasteiger partial charge in [0.25, 0.3) is 0 Å². The first-order valence-corrected chi connectivity index (χ1v) is 11.9. The number of thiophene rings is 1. The number of anilines is 1. The molecule has 156 valence electrons. The van der Waals surface area contributed by atoms with Crippen molar-refractivity contribution < 1.29 is 22.7 Å². The van der Waals surface area contributed by atoms with E-state index in [1.54, 1.807) is 12.3 Å². The maximum absolute atomic E-state index is 12.6. The second kappa shape index (κ2) is 9.84. The van der Waals surface area contributed by atoms with Gasteiger partial charge in [-0.2, -0.15) is 0 Å². The Kier molecular flexibility index (Phi) is 7.75. The second-order valence-corrected chi connectivity index (χ2v) is 9.62. The molecule has 1 N–H and O–H groups in total. The first kappa shape index (κ1) is 22.8. The Bertz CT molecular complexity index is 991. The van der Waals surface area contributed by atoms with Crippen molar-refractivity contribution in [2.75, 3.05) is 17.7 Å². The zero-order chi connectivity index (χ0) is 21.6. The Morgan fingerprint density at radius 2 is 1.90 bits per heavy atom. The normalized spacial score (nSPS) is 12.2. The number of benzene rings is 1. The van der Waals surface area contributed by atoms with Crippen LogP contribution in [0.3, 0.4) is 0 Å². The summed E-state index contributed by atoms with van der Waals surface area (Å²) in [7, 11) is -3.67. The molecule has 0 saturated carbocycles. The molecule has 1 amide bonds. The van der Waals surface area contributed by atoms with E-state index in [2.05, 4.69) is 18.8 Å². The van der Waals surface area contributed by atoms with Crippen molar-refractivity contribution in [1.82, 2.24) is 0 Å². The smallest absolute Gasteiger partial charge is 0.341 e. The zero-order valence-corrected chi connectivity index (χ0v) is 18.4. The largest absolute Gasteiger partial charge is 0.462 e. The van der Waals surface area contributed by atoms with Crippen molar-refractivity contribution in [3.05, 3.63) is 53.4 Å². The minimum Gasteiger partial charge on any atom is -0.462 e. The van der Waals surface area contributed by atoms with Gasteiger partial charge in [0.15, 0.2) is 9.84 Å². The fourth-order valence-electron chi connectivity index (χ4n) is 2.67. The fraction of sp³-hybridized carbons (Fsp3) is 0.333. The maximum Gasteiger partial charge on any atom is 0.341 e. The topological polar surface area (TPSA) is 89.5 Å². The number of rotatable bonds is 9.